The van der Waals surface area contributed by atoms with Crippen molar-refractivity contribution in [3.63, 3.8) is 0 Å². The van der Waals surface area contributed by atoms with E-state index in [1.54, 1.807) is 49.6 Å². The van der Waals surface area contributed by atoms with Crippen molar-refractivity contribution >= 4 is 28.8 Å². The van der Waals surface area contributed by atoms with Gasteiger partial charge in [-0.25, -0.2) is 4.90 Å². The van der Waals surface area contributed by atoms with Gasteiger partial charge in [-0.3, -0.25) is 9.59 Å². The molecule has 0 atom stereocenters. The van der Waals surface area contributed by atoms with Gasteiger partial charge >= 0.3 is 0 Å². The average Bonchev–Trinajstić information content (AvgIpc) is 3.08. The van der Waals surface area contributed by atoms with Crippen LogP contribution in [0.2, 0.25) is 0 Å². The third kappa shape index (κ3) is 3.97. The summed E-state index contributed by atoms with van der Waals surface area (Å²) in [5, 5.41) is 12.2. The second-order valence-corrected chi connectivity index (χ2v) is 7.86. The van der Waals surface area contributed by atoms with Crippen molar-refractivity contribution in [2.75, 3.05) is 24.4 Å². The molecule has 7 heteroatoms. The summed E-state index contributed by atoms with van der Waals surface area (Å²) >= 11 is 0. The van der Waals surface area contributed by atoms with E-state index in [9.17, 15) is 9.59 Å². The van der Waals surface area contributed by atoms with Gasteiger partial charge in [-0.15, -0.1) is 0 Å². The van der Waals surface area contributed by atoms with Gasteiger partial charge in [-0.1, -0.05) is 23.8 Å². The van der Waals surface area contributed by atoms with Gasteiger partial charge in [0.2, 0.25) is 0 Å². The number of ether oxygens (including phenoxy) is 2. The van der Waals surface area contributed by atoms with Gasteiger partial charge < -0.3 is 14.8 Å². The molecule has 1 N–H and O–H groups in total. The Morgan fingerprint density at radius 3 is 2.24 bits per heavy atom. The third-order valence-electron chi connectivity index (χ3n) is 5.66. The van der Waals surface area contributed by atoms with Crippen LogP contribution in [0.15, 0.2) is 66.4 Å². The van der Waals surface area contributed by atoms with E-state index >= 15 is 0 Å². The Labute approximate surface area is 197 Å². The summed E-state index contributed by atoms with van der Waals surface area (Å²) in [4.78, 5) is 28.4. The van der Waals surface area contributed by atoms with Gasteiger partial charge in [-0.2, -0.15) is 5.26 Å². The number of methoxy groups -OCH3 is 2. The number of benzene rings is 3. The number of nitrogens with zero attached hydrogens (tertiary/aromatic N) is 2. The van der Waals surface area contributed by atoms with Crippen molar-refractivity contribution in [2.24, 2.45) is 0 Å². The summed E-state index contributed by atoms with van der Waals surface area (Å²) in [6, 6.07) is 19.2. The van der Waals surface area contributed by atoms with Gasteiger partial charge in [-0.05, 0) is 61.4 Å². The predicted molar refractivity (Wildman–Crippen MR) is 130 cm³/mol. The molecule has 0 saturated carbocycles. The first-order valence-corrected chi connectivity index (χ1v) is 10.6. The summed E-state index contributed by atoms with van der Waals surface area (Å²) in [6.45, 7) is 3.88. The summed E-state index contributed by atoms with van der Waals surface area (Å²) in [5.74, 6) is 0.113. The van der Waals surface area contributed by atoms with Crippen LogP contribution in [0.5, 0.6) is 11.5 Å². The summed E-state index contributed by atoms with van der Waals surface area (Å²) in [5.41, 5.74) is 4.34. The number of carbonyl (C=O) groups excluding carboxylic acids is 2. The molecule has 1 aliphatic rings. The first-order valence-electron chi connectivity index (χ1n) is 10.6. The molecule has 34 heavy (non-hydrogen) atoms. The molecule has 170 valence electrons. The number of hydrogen-bond acceptors (Lipinski definition) is 6. The topological polar surface area (TPSA) is 91.7 Å². The van der Waals surface area contributed by atoms with Gasteiger partial charge in [0, 0.05) is 6.07 Å². The molecule has 0 saturated heterocycles. The molecule has 1 aliphatic heterocycles. The lowest BCUT2D eigenvalue weighted by atomic mass is 9.97. The second kappa shape index (κ2) is 9.12. The van der Waals surface area contributed by atoms with Crippen LogP contribution in [0.3, 0.4) is 0 Å². The molecule has 0 radical (unpaired) electrons. The van der Waals surface area contributed by atoms with Crippen molar-refractivity contribution in [3.8, 4) is 17.6 Å². The maximum atomic E-state index is 13.7. The van der Waals surface area contributed by atoms with Crippen LogP contribution in [0.1, 0.15) is 22.3 Å². The average molecular weight is 453 g/mol. The SMILES string of the molecule is COc1ccc(NC2=C(c3ccc(C)cc3C)C(=O)N(c3ccc(C#N)cc3)C2=O)c(OC)c1. The Morgan fingerprint density at radius 2 is 1.62 bits per heavy atom. The van der Waals surface area contributed by atoms with Crippen molar-refractivity contribution in [3.05, 3.63) is 88.6 Å². The number of rotatable bonds is 6. The van der Waals surface area contributed by atoms with E-state index in [4.69, 9.17) is 14.7 Å². The van der Waals surface area contributed by atoms with Crippen molar-refractivity contribution in [1.82, 2.24) is 0 Å². The van der Waals surface area contributed by atoms with Crippen LogP contribution >= 0.6 is 0 Å². The summed E-state index contributed by atoms with van der Waals surface area (Å²) in [6.07, 6.45) is 0. The largest absolute Gasteiger partial charge is 0.497 e. The highest BCUT2D eigenvalue weighted by molar-refractivity contribution is 6.46. The second-order valence-electron chi connectivity index (χ2n) is 7.86. The van der Waals surface area contributed by atoms with E-state index in [0.29, 0.717) is 34.0 Å². The molecule has 3 aromatic carbocycles. The molecule has 1 heterocycles. The highest BCUT2D eigenvalue weighted by Crippen LogP contribution is 2.37. The Balaban J connectivity index is 1.86. The fourth-order valence-corrected chi connectivity index (χ4v) is 3.95. The first kappa shape index (κ1) is 22.6. The highest BCUT2D eigenvalue weighted by atomic mass is 16.5. The van der Waals surface area contributed by atoms with Crippen LogP contribution < -0.4 is 19.7 Å². The lowest BCUT2D eigenvalue weighted by Crippen LogP contribution is -2.32. The molecule has 7 nitrogen and oxygen atoms in total. The maximum Gasteiger partial charge on any atom is 0.282 e. The zero-order valence-electron chi connectivity index (χ0n) is 19.3. The quantitative estimate of drug-likeness (QED) is 0.549. The lowest BCUT2D eigenvalue weighted by Gasteiger charge is -2.16. The van der Waals surface area contributed by atoms with E-state index < -0.39 is 11.8 Å². The molecule has 0 spiro atoms. The number of nitriles is 1. The number of nitrogens with one attached hydrogen (secondary N) is 1. The molecular weight excluding hydrogens is 430 g/mol. The van der Waals surface area contributed by atoms with E-state index in [0.717, 1.165) is 16.0 Å². The highest BCUT2D eigenvalue weighted by Gasteiger charge is 2.41. The van der Waals surface area contributed by atoms with Crippen molar-refractivity contribution < 1.29 is 19.1 Å². The van der Waals surface area contributed by atoms with Crippen LogP contribution in [0.4, 0.5) is 11.4 Å². The van der Waals surface area contributed by atoms with E-state index in [1.165, 1.54) is 7.11 Å². The molecule has 0 unspecified atom stereocenters. The van der Waals surface area contributed by atoms with Crippen LogP contribution in [-0.4, -0.2) is 26.0 Å². The minimum absolute atomic E-state index is 0.143. The number of hydrogen-bond donors (Lipinski definition) is 1. The molecule has 0 fully saturated rings. The summed E-state index contributed by atoms with van der Waals surface area (Å²) in [7, 11) is 3.07. The zero-order chi connectivity index (χ0) is 24.4. The Bertz CT molecular complexity index is 1370. The third-order valence-corrected chi connectivity index (χ3v) is 5.66. The summed E-state index contributed by atoms with van der Waals surface area (Å²) < 4.78 is 10.7. The van der Waals surface area contributed by atoms with Gasteiger partial charge in [0.15, 0.2) is 0 Å². The monoisotopic (exact) mass is 453 g/mol. The van der Waals surface area contributed by atoms with Crippen LogP contribution in [0.25, 0.3) is 5.57 Å². The van der Waals surface area contributed by atoms with Crippen molar-refractivity contribution in [2.45, 2.75) is 13.8 Å². The molecule has 0 aliphatic carbocycles. The van der Waals surface area contributed by atoms with Gasteiger partial charge in [0.05, 0.1) is 42.8 Å². The van der Waals surface area contributed by atoms with Gasteiger partial charge in [0.25, 0.3) is 11.8 Å². The predicted octanol–water partition coefficient (Wildman–Crippen LogP) is 4.59. The molecule has 0 aromatic heterocycles. The van der Waals surface area contributed by atoms with E-state index in [-0.39, 0.29) is 11.3 Å². The molecule has 0 bridgehead atoms. The molecular formula is C27H23N3O4. The fraction of sp³-hybridized carbons (Fsp3) is 0.148. The normalized spacial score (nSPS) is 13.2. The van der Waals surface area contributed by atoms with E-state index in [1.807, 2.05) is 38.1 Å². The fourth-order valence-electron chi connectivity index (χ4n) is 3.95. The zero-order valence-corrected chi connectivity index (χ0v) is 19.3. The van der Waals surface area contributed by atoms with Crippen molar-refractivity contribution in [1.29, 1.82) is 5.26 Å². The Hall–Kier alpha value is -4.57. The maximum absolute atomic E-state index is 13.7. The number of carbonyl (C=O) groups is 2. The smallest absolute Gasteiger partial charge is 0.282 e. The molecule has 3 aromatic rings. The number of anilines is 2. The standard InChI is InChI=1S/C27H23N3O4/c1-16-5-11-21(17(2)13-16)24-25(29-22-12-10-20(33-3)14-23(22)34-4)27(32)30(26(24)31)19-8-6-18(15-28)7-9-19/h5-14,29H,1-4H3. The van der Waals surface area contributed by atoms with Crippen LogP contribution in [0, 0.1) is 25.2 Å². The van der Waals surface area contributed by atoms with E-state index in [2.05, 4.69) is 5.32 Å². The Kier molecular flexibility index (Phi) is 6.07. The van der Waals surface area contributed by atoms with Gasteiger partial charge in [0.1, 0.15) is 17.2 Å². The first-order chi connectivity index (χ1) is 16.4. The minimum Gasteiger partial charge on any atom is -0.497 e. The van der Waals surface area contributed by atoms with Crippen LogP contribution in [-0.2, 0) is 9.59 Å². The molecule has 2 amide bonds. The minimum atomic E-state index is -0.498. The number of amides is 2. The number of imide groups is 1. The Morgan fingerprint density at radius 1 is 0.882 bits per heavy atom. The number of aryl methyl sites for hydroxylation is 2. The lowest BCUT2D eigenvalue weighted by molar-refractivity contribution is -0.120. The molecule has 4 rings (SSSR count).